The number of hydrogen-bond donors (Lipinski definition) is 0. The molecule has 1 heterocycles. The van der Waals surface area contributed by atoms with Gasteiger partial charge in [0, 0.05) is 5.56 Å². The summed E-state index contributed by atoms with van der Waals surface area (Å²) in [6.45, 7) is 6.82. The van der Waals surface area contributed by atoms with E-state index in [0.717, 1.165) is 34.4 Å². The number of fused-ring (bicyclic) bond motifs is 1. The molecule has 0 saturated carbocycles. The zero-order valence-corrected chi connectivity index (χ0v) is 18.3. The van der Waals surface area contributed by atoms with Gasteiger partial charge in [0.15, 0.2) is 4.80 Å². The first-order valence-corrected chi connectivity index (χ1v) is 10.9. The maximum Gasteiger partial charge on any atom is 0.326 e. The van der Waals surface area contributed by atoms with E-state index in [1.165, 1.54) is 11.3 Å². The Bertz CT molecular complexity index is 1100. The van der Waals surface area contributed by atoms with Gasteiger partial charge in [0.1, 0.15) is 12.3 Å². The van der Waals surface area contributed by atoms with E-state index in [4.69, 9.17) is 9.47 Å². The van der Waals surface area contributed by atoms with Crippen LogP contribution in [-0.2, 0) is 16.1 Å². The van der Waals surface area contributed by atoms with Crippen molar-refractivity contribution >= 4 is 33.4 Å². The zero-order valence-electron chi connectivity index (χ0n) is 17.5. The minimum absolute atomic E-state index is 0.00894. The number of amides is 1. The molecule has 0 spiro atoms. The maximum atomic E-state index is 12.8. The normalized spacial score (nSPS) is 11.6. The Hall–Kier alpha value is -2.93. The van der Waals surface area contributed by atoms with Crippen molar-refractivity contribution in [2.24, 2.45) is 4.99 Å². The first-order chi connectivity index (χ1) is 14.5. The molecule has 0 bridgehead atoms. The third-order valence-electron chi connectivity index (χ3n) is 4.56. The van der Waals surface area contributed by atoms with E-state index in [9.17, 15) is 9.59 Å². The van der Waals surface area contributed by atoms with Crippen LogP contribution in [0.1, 0.15) is 42.6 Å². The number of unbranched alkanes of at least 4 members (excludes halogenated alkanes) is 1. The van der Waals surface area contributed by atoms with Crippen LogP contribution >= 0.6 is 11.3 Å². The molecule has 3 rings (SSSR count). The van der Waals surface area contributed by atoms with E-state index in [0.29, 0.717) is 23.6 Å². The van der Waals surface area contributed by atoms with Gasteiger partial charge in [-0.3, -0.25) is 9.59 Å². The second-order valence-corrected chi connectivity index (χ2v) is 7.85. The average molecular weight is 427 g/mol. The molecule has 3 aromatic rings. The SMILES string of the molecule is CCCCOc1ccc(C(=O)N=c2sc3cccc(C)c3n2CC(=O)OCC)cc1. The highest BCUT2D eigenvalue weighted by molar-refractivity contribution is 7.16. The van der Waals surface area contributed by atoms with E-state index in [2.05, 4.69) is 11.9 Å². The van der Waals surface area contributed by atoms with E-state index in [-0.39, 0.29) is 18.4 Å². The van der Waals surface area contributed by atoms with E-state index >= 15 is 0 Å². The highest BCUT2D eigenvalue weighted by atomic mass is 32.1. The van der Waals surface area contributed by atoms with Crippen molar-refractivity contribution in [1.82, 2.24) is 4.57 Å². The summed E-state index contributed by atoms with van der Waals surface area (Å²) in [7, 11) is 0. The molecule has 2 aromatic carbocycles. The molecule has 0 atom stereocenters. The van der Waals surface area contributed by atoms with Crippen molar-refractivity contribution in [1.29, 1.82) is 0 Å². The lowest BCUT2D eigenvalue weighted by atomic mass is 10.2. The molecule has 0 aliphatic rings. The number of aromatic nitrogens is 1. The summed E-state index contributed by atoms with van der Waals surface area (Å²) < 4.78 is 13.5. The van der Waals surface area contributed by atoms with Crippen LogP contribution in [0.4, 0.5) is 0 Å². The number of thiazole rings is 1. The lowest BCUT2D eigenvalue weighted by molar-refractivity contribution is -0.143. The third kappa shape index (κ3) is 5.16. The Morgan fingerprint density at radius 3 is 2.57 bits per heavy atom. The van der Waals surface area contributed by atoms with Gasteiger partial charge in [-0.25, -0.2) is 0 Å². The molecular formula is C23H26N2O4S. The van der Waals surface area contributed by atoms with Gasteiger partial charge in [0.2, 0.25) is 0 Å². The molecule has 0 radical (unpaired) electrons. The van der Waals surface area contributed by atoms with Crippen LogP contribution in [0.15, 0.2) is 47.5 Å². The summed E-state index contributed by atoms with van der Waals surface area (Å²) in [5.41, 5.74) is 2.37. The second-order valence-electron chi connectivity index (χ2n) is 6.84. The molecule has 0 aliphatic heterocycles. The molecule has 0 saturated heterocycles. The Kier molecular flexibility index (Phi) is 7.41. The number of carbonyl (C=O) groups excluding carboxylic acids is 2. The molecule has 0 fully saturated rings. The van der Waals surface area contributed by atoms with Crippen LogP contribution in [0, 0.1) is 6.92 Å². The highest BCUT2D eigenvalue weighted by Crippen LogP contribution is 2.21. The first kappa shape index (κ1) is 21.8. The van der Waals surface area contributed by atoms with Crippen LogP contribution in [0.2, 0.25) is 0 Å². The number of hydrogen-bond acceptors (Lipinski definition) is 5. The van der Waals surface area contributed by atoms with Gasteiger partial charge in [0.25, 0.3) is 5.91 Å². The number of carbonyl (C=O) groups is 2. The van der Waals surface area contributed by atoms with Crippen molar-refractivity contribution in [2.75, 3.05) is 13.2 Å². The summed E-state index contributed by atoms with van der Waals surface area (Å²) in [4.78, 5) is 29.7. The van der Waals surface area contributed by atoms with Gasteiger partial charge in [-0.2, -0.15) is 4.99 Å². The summed E-state index contributed by atoms with van der Waals surface area (Å²) in [6.07, 6.45) is 2.05. The number of rotatable bonds is 8. The van der Waals surface area contributed by atoms with Crippen LogP contribution < -0.4 is 9.54 Å². The van der Waals surface area contributed by atoms with Crippen LogP contribution in [0.3, 0.4) is 0 Å². The predicted octanol–water partition coefficient (Wildman–Crippen LogP) is 4.49. The van der Waals surface area contributed by atoms with Crippen LogP contribution in [-0.4, -0.2) is 29.7 Å². The van der Waals surface area contributed by atoms with Gasteiger partial charge >= 0.3 is 5.97 Å². The smallest absolute Gasteiger partial charge is 0.326 e. The topological polar surface area (TPSA) is 69.9 Å². The Morgan fingerprint density at radius 2 is 1.87 bits per heavy atom. The van der Waals surface area contributed by atoms with Gasteiger partial charge < -0.3 is 14.0 Å². The standard InChI is InChI=1S/C23H26N2O4S/c1-4-6-14-29-18-12-10-17(11-13-18)22(27)24-23-25(15-20(26)28-5-2)21-16(3)8-7-9-19(21)30-23/h7-13H,4-6,14-15H2,1-3H3. The lowest BCUT2D eigenvalue weighted by Crippen LogP contribution is -2.23. The fourth-order valence-corrected chi connectivity index (χ4v) is 4.16. The van der Waals surface area contributed by atoms with Crippen molar-refractivity contribution < 1.29 is 19.1 Å². The molecule has 6 nitrogen and oxygen atoms in total. The van der Waals surface area contributed by atoms with Crippen molar-refractivity contribution in [3.05, 3.63) is 58.4 Å². The van der Waals surface area contributed by atoms with Crippen molar-refractivity contribution in [2.45, 2.75) is 40.2 Å². The zero-order chi connectivity index (χ0) is 21.5. The number of aryl methyl sites for hydroxylation is 1. The Morgan fingerprint density at radius 1 is 1.10 bits per heavy atom. The van der Waals surface area contributed by atoms with Crippen molar-refractivity contribution in [3.63, 3.8) is 0 Å². The summed E-state index contributed by atoms with van der Waals surface area (Å²) in [5, 5.41) is 0. The number of ether oxygens (including phenoxy) is 2. The minimum atomic E-state index is -0.364. The average Bonchev–Trinajstić information content (AvgIpc) is 3.07. The summed E-state index contributed by atoms with van der Waals surface area (Å²) in [6, 6.07) is 12.9. The largest absolute Gasteiger partial charge is 0.494 e. The summed E-state index contributed by atoms with van der Waals surface area (Å²) in [5.74, 6) is 0.00900. The quantitative estimate of drug-likeness (QED) is 0.393. The van der Waals surface area contributed by atoms with Gasteiger partial charge in [0.05, 0.1) is 23.4 Å². The van der Waals surface area contributed by atoms with Crippen molar-refractivity contribution in [3.8, 4) is 5.75 Å². The molecule has 1 aromatic heterocycles. The number of esters is 1. The molecular weight excluding hydrogens is 400 g/mol. The maximum absolute atomic E-state index is 12.8. The Labute approximate surface area is 179 Å². The van der Waals surface area contributed by atoms with E-state index in [1.54, 1.807) is 35.8 Å². The van der Waals surface area contributed by atoms with Gasteiger partial charge in [-0.15, -0.1) is 0 Å². The monoisotopic (exact) mass is 426 g/mol. The van der Waals surface area contributed by atoms with Crippen LogP contribution in [0.25, 0.3) is 10.2 Å². The number of para-hydroxylation sites is 1. The minimum Gasteiger partial charge on any atom is -0.494 e. The van der Waals surface area contributed by atoms with E-state index in [1.807, 2.05) is 25.1 Å². The van der Waals surface area contributed by atoms with Gasteiger partial charge in [-0.05, 0) is 56.2 Å². The van der Waals surface area contributed by atoms with Crippen LogP contribution in [0.5, 0.6) is 5.75 Å². The fraction of sp³-hybridized carbons (Fsp3) is 0.348. The summed E-state index contributed by atoms with van der Waals surface area (Å²) >= 11 is 1.38. The predicted molar refractivity (Wildman–Crippen MR) is 118 cm³/mol. The third-order valence-corrected chi connectivity index (χ3v) is 5.60. The molecule has 30 heavy (non-hydrogen) atoms. The molecule has 0 N–H and O–H groups in total. The Balaban J connectivity index is 1.93. The highest BCUT2D eigenvalue weighted by Gasteiger charge is 2.14. The lowest BCUT2D eigenvalue weighted by Gasteiger charge is -2.07. The molecule has 0 aliphatic carbocycles. The number of nitrogens with zero attached hydrogens (tertiary/aromatic N) is 2. The first-order valence-electron chi connectivity index (χ1n) is 10.1. The molecule has 1 amide bonds. The molecule has 7 heteroatoms. The molecule has 158 valence electrons. The second kappa shape index (κ2) is 10.2. The van der Waals surface area contributed by atoms with Gasteiger partial charge in [-0.1, -0.05) is 36.8 Å². The number of benzene rings is 2. The fourth-order valence-electron chi connectivity index (χ4n) is 3.05. The van der Waals surface area contributed by atoms with E-state index < -0.39 is 0 Å². The molecule has 0 unspecified atom stereocenters.